The van der Waals surface area contributed by atoms with E-state index in [1.807, 2.05) is 11.1 Å². The number of rotatable bonds is 2. The molecule has 0 spiro atoms. The maximum absolute atomic E-state index is 12.3. The minimum Gasteiger partial charge on any atom is -0.397 e. The van der Waals surface area contributed by atoms with Gasteiger partial charge in [-0.3, -0.25) is 10.2 Å². The van der Waals surface area contributed by atoms with Crippen molar-refractivity contribution in [3.05, 3.63) is 28.1 Å². The smallest absolute Gasteiger partial charge is 0.277 e. The molecule has 2 aromatic rings. The first-order valence-corrected chi connectivity index (χ1v) is 7.46. The summed E-state index contributed by atoms with van der Waals surface area (Å²) >= 11 is 7.34. The van der Waals surface area contributed by atoms with Gasteiger partial charge < -0.3 is 10.5 Å². The van der Waals surface area contributed by atoms with Crippen LogP contribution in [0.2, 0.25) is 5.02 Å². The predicted molar refractivity (Wildman–Crippen MR) is 81.1 cm³/mol. The molecule has 0 saturated carbocycles. The van der Waals surface area contributed by atoms with Crippen LogP contribution in [0.4, 0.5) is 5.69 Å². The van der Waals surface area contributed by atoms with Crippen LogP contribution in [0.25, 0.3) is 10.1 Å². The molecule has 0 bridgehead atoms. The van der Waals surface area contributed by atoms with Crippen LogP contribution in [0.15, 0.2) is 18.2 Å². The van der Waals surface area contributed by atoms with Crippen molar-refractivity contribution < 1.29 is 9.53 Å². The molecule has 1 aliphatic rings. The molecule has 3 N–H and O–H groups in total. The van der Waals surface area contributed by atoms with E-state index in [1.165, 1.54) is 11.3 Å². The van der Waals surface area contributed by atoms with Gasteiger partial charge >= 0.3 is 0 Å². The molecule has 106 valence electrons. The van der Waals surface area contributed by atoms with Crippen LogP contribution in [0.3, 0.4) is 0 Å². The Labute approximate surface area is 125 Å². The van der Waals surface area contributed by atoms with E-state index < -0.39 is 0 Å². The zero-order valence-electron chi connectivity index (χ0n) is 10.7. The number of nitrogen functional groups attached to an aromatic ring is 1. The molecular weight excluding hydrogens is 298 g/mol. The number of carbonyl (C=O) groups excluding carboxylic acids is 1. The Balaban J connectivity index is 1.85. The number of amides is 1. The van der Waals surface area contributed by atoms with Crippen molar-refractivity contribution in [2.45, 2.75) is 0 Å². The van der Waals surface area contributed by atoms with E-state index >= 15 is 0 Å². The molecule has 7 heteroatoms. The normalized spacial score (nSPS) is 16.4. The van der Waals surface area contributed by atoms with Crippen molar-refractivity contribution in [1.82, 2.24) is 10.4 Å². The average Bonchev–Trinajstić information content (AvgIpc) is 2.77. The van der Waals surface area contributed by atoms with Crippen LogP contribution >= 0.6 is 22.9 Å². The molecule has 20 heavy (non-hydrogen) atoms. The van der Waals surface area contributed by atoms with Gasteiger partial charge in [0.2, 0.25) is 0 Å². The number of halogens is 1. The Morgan fingerprint density at radius 3 is 2.90 bits per heavy atom. The summed E-state index contributed by atoms with van der Waals surface area (Å²) in [5.74, 6) is -0.179. The first-order chi connectivity index (χ1) is 9.65. The largest absolute Gasteiger partial charge is 0.397 e. The highest BCUT2D eigenvalue weighted by molar-refractivity contribution is 7.21. The average molecular weight is 312 g/mol. The standard InChI is InChI=1S/C13H14ClN3O2S/c14-8-1-2-10-9(7-8)11(15)12(20-10)13(18)16-17-3-5-19-6-4-17/h1-2,7H,3-6,15H2,(H,16,18). The van der Waals surface area contributed by atoms with E-state index in [0.29, 0.717) is 41.9 Å². The third kappa shape index (κ3) is 2.60. The number of benzene rings is 1. The summed E-state index contributed by atoms with van der Waals surface area (Å²) < 4.78 is 6.20. The highest BCUT2D eigenvalue weighted by Crippen LogP contribution is 2.35. The number of carbonyl (C=O) groups is 1. The van der Waals surface area contributed by atoms with Gasteiger partial charge in [0.1, 0.15) is 4.88 Å². The molecule has 0 atom stereocenters. The molecule has 1 aromatic carbocycles. The van der Waals surface area contributed by atoms with Gasteiger partial charge in [-0.1, -0.05) is 11.6 Å². The summed E-state index contributed by atoms with van der Waals surface area (Å²) in [6.07, 6.45) is 0. The van der Waals surface area contributed by atoms with Crippen LogP contribution < -0.4 is 11.2 Å². The first-order valence-electron chi connectivity index (χ1n) is 6.26. The Kier molecular flexibility index (Phi) is 3.80. The minimum absolute atomic E-state index is 0.179. The van der Waals surface area contributed by atoms with Crippen LogP contribution in [-0.4, -0.2) is 37.2 Å². The SMILES string of the molecule is Nc1c(C(=O)NN2CCOCC2)sc2ccc(Cl)cc12. The molecule has 5 nitrogen and oxygen atoms in total. The van der Waals surface area contributed by atoms with Gasteiger partial charge in [0.25, 0.3) is 5.91 Å². The topological polar surface area (TPSA) is 67.6 Å². The fraction of sp³-hybridized carbons (Fsp3) is 0.308. The molecule has 1 saturated heterocycles. The number of anilines is 1. The molecule has 0 aliphatic carbocycles. The van der Waals surface area contributed by atoms with Crippen molar-refractivity contribution in [2.24, 2.45) is 0 Å². The molecular formula is C13H14ClN3O2S. The van der Waals surface area contributed by atoms with E-state index in [9.17, 15) is 4.79 Å². The number of thiophene rings is 1. The van der Waals surface area contributed by atoms with E-state index in [1.54, 1.807) is 12.1 Å². The number of morpholine rings is 1. The summed E-state index contributed by atoms with van der Waals surface area (Å²) in [6.45, 7) is 2.61. The Morgan fingerprint density at radius 1 is 1.40 bits per heavy atom. The van der Waals surface area contributed by atoms with E-state index in [2.05, 4.69) is 5.43 Å². The first kappa shape index (κ1) is 13.6. The highest BCUT2D eigenvalue weighted by atomic mass is 35.5. The van der Waals surface area contributed by atoms with Crippen LogP contribution in [0, 0.1) is 0 Å². The fourth-order valence-corrected chi connectivity index (χ4v) is 3.29. The molecule has 1 amide bonds. The van der Waals surface area contributed by atoms with E-state index in [-0.39, 0.29) is 5.91 Å². The minimum atomic E-state index is -0.179. The number of nitrogens with two attached hydrogens (primary N) is 1. The number of fused-ring (bicyclic) bond motifs is 1. The van der Waals surface area contributed by atoms with Crippen molar-refractivity contribution in [2.75, 3.05) is 32.0 Å². The second-order valence-corrected chi connectivity index (χ2v) is 6.01. The van der Waals surface area contributed by atoms with Crippen molar-refractivity contribution >= 4 is 44.6 Å². The van der Waals surface area contributed by atoms with Crippen LogP contribution in [0.1, 0.15) is 9.67 Å². The van der Waals surface area contributed by atoms with Gasteiger partial charge in [-0.05, 0) is 18.2 Å². The summed E-state index contributed by atoms with van der Waals surface area (Å²) in [7, 11) is 0. The molecule has 0 radical (unpaired) electrons. The highest BCUT2D eigenvalue weighted by Gasteiger charge is 2.19. The number of nitrogens with one attached hydrogen (secondary N) is 1. The summed E-state index contributed by atoms with van der Waals surface area (Å²) in [5, 5.41) is 3.29. The number of ether oxygens (including phenoxy) is 1. The molecule has 2 heterocycles. The lowest BCUT2D eigenvalue weighted by Gasteiger charge is -2.26. The van der Waals surface area contributed by atoms with E-state index in [0.717, 1.165) is 10.1 Å². The van der Waals surface area contributed by atoms with Crippen molar-refractivity contribution in [3.63, 3.8) is 0 Å². The van der Waals surface area contributed by atoms with E-state index in [4.69, 9.17) is 22.1 Å². The van der Waals surface area contributed by atoms with Crippen LogP contribution in [-0.2, 0) is 4.74 Å². The monoisotopic (exact) mass is 311 g/mol. The summed E-state index contributed by atoms with van der Waals surface area (Å²) in [4.78, 5) is 12.8. The fourth-order valence-electron chi connectivity index (χ4n) is 2.13. The van der Waals surface area contributed by atoms with Crippen molar-refractivity contribution in [1.29, 1.82) is 0 Å². The van der Waals surface area contributed by atoms with Gasteiger partial charge in [-0.15, -0.1) is 11.3 Å². The Hall–Kier alpha value is -1.34. The summed E-state index contributed by atoms with van der Waals surface area (Å²) in [5.41, 5.74) is 9.41. The zero-order valence-corrected chi connectivity index (χ0v) is 12.3. The molecule has 3 rings (SSSR count). The lowest BCUT2D eigenvalue weighted by atomic mass is 10.2. The molecule has 1 fully saturated rings. The van der Waals surface area contributed by atoms with Gasteiger partial charge in [-0.25, -0.2) is 5.01 Å². The third-order valence-electron chi connectivity index (χ3n) is 3.17. The predicted octanol–water partition coefficient (Wildman–Crippen LogP) is 2.11. The Morgan fingerprint density at radius 2 is 2.15 bits per heavy atom. The quantitative estimate of drug-likeness (QED) is 0.891. The second kappa shape index (κ2) is 5.57. The van der Waals surface area contributed by atoms with Crippen molar-refractivity contribution in [3.8, 4) is 0 Å². The number of nitrogens with zero attached hydrogens (tertiary/aromatic N) is 1. The lowest BCUT2D eigenvalue weighted by molar-refractivity contribution is 0.0128. The zero-order chi connectivity index (χ0) is 14.1. The third-order valence-corrected chi connectivity index (χ3v) is 4.59. The number of hydrogen-bond acceptors (Lipinski definition) is 5. The van der Waals surface area contributed by atoms with Gasteiger partial charge in [-0.2, -0.15) is 0 Å². The van der Waals surface area contributed by atoms with Gasteiger partial charge in [0, 0.05) is 28.2 Å². The molecule has 1 aromatic heterocycles. The molecule has 1 aliphatic heterocycles. The Bertz CT molecular complexity index is 652. The molecule has 0 unspecified atom stereocenters. The maximum Gasteiger partial charge on any atom is 0.277 e. The summed E-state index contributed by atoms with van der Waals surface area (Å²) in [6, 6.07) is 5.46. The number of hydrazine groups is 1. The number of hydrogen-bond donors (Lipinski definition) is 2. The van der Waals surface area contributed by atoms with Gasteiger partial charge in [0.15, 0.2) is 0 Å². The second-order valence-electron chi connectivity index (χ2n) is 4.53. The van der Waals surface area contributed by atoms with Crippen LogP contribution in [0.5, 0.6) is 0 Å². The maximum atomic E-state index is 12.3. The van der Waals surface area contributed by atoms with Gasteiger partial charge in [0.05, 0.1) is 18.9 Å². The lowest BCUT2D eigenvalue weighted by Crippen LogP contribution is -2.48.